The molecule has 110 valence electrons. The van der Waals surface area contributed by atoms with Crippen molar-refractivity contribution >= 4 is 39.7 Å². The summed E-state index contributed by atoms with van der Waals surface area (Å²) in [7, 11) is 0. The highest BCUT2D eigenvalue weighted by atomic mass is 127. The molecule has 0 saturated carbocycles. The Morgan fingerprint density at radius 1 is 1.45 bits per heavy atom. The molecule has 20 heavy (non-hydrogen) atoms. The van der Waals surface area contributed by atoms with E-state index < -0.39 is 5.60 Å². The number of carbonyl (C=O) groups is 1. The summed E-state index contributed by atoms with van der Waals surface area (Å²) in [5.41, 5.74) is 7.73. The zero-order valence-electron chi connectivity index (χ0n) is 12.0. The molecule has 0 saturated heterocycles. The van der Waals surface area contributed by atoms with E-state index in [1.807, 2.05) is 61.6 Å². The largest absolute Gasteiger partial charge is 0.457 e. The number of carbonyl (C=O) groups excluding carboxylic acids is 1. The van der Waals surface area contributed by atoms with Crippen molar-refractivity contribution in [2.45, 2.75) is 49.2 Å². The minimum atomic E-state index is -0.628. The van der Waals surface area contributed by atoms with Crippen molar-refractivity contribution in [3.63, 3.8) is 0 Å². The van der Waals surface area contributed by atoms with Crippen LogP contribution in [0.15, 0.2) is 22.6 Å². The monoisotopic (exact) mass is 389 g/mol. The molecule has 2 bridgehead atoms. The zero-order valence-corrected chi connectivity index (χ0v) is 14.1. The Morgan fingerprint density at radius 3 is 2.50 bits per heavy atom. The van der Waals surface area contributed by atoms with E-state index in [1.165, 1.54) is 0 Å². The van der Waals surface area contributed by atoms with E-state index in [0.29, 0.717) is 12.8 Å². The van der Waals surface area contributed by atoms with Crippen LogP contribution in [0.25, 0.3) is 11.2 Å². The van der Waals surface area contributed by atoms with Gasteiger partial charge in [-0.25, -0.2) is 0 Å². The summed E-state index contributed by atoms with van der Waals surface area (Å²) in [4.78, 5) is 12.3. The summed E-state index contributed by atoms with van der Waals surface area (Å²) in [6.45, 7) is 5.85. The van der Waals surface area contributed by atoms with Crippen LogP contribution >= 0.6 is 22.6 Å². The maximum atomic E-state index is 12.3. The molecule has 0 fully saturated rings. The number of hydrogen-bond acceptors (Lipinski definition) is 4. The van der Waals surface area contributed by atoms with E-state index >= 15 is 0 Å². The summed E-state index contributed by atoms with van der Waals surface area (Å²) in [5.74, 6) is -0.262. The molecule has 4 nitrogen and oxygen atoms in total. The summed E-state index contributed by atoms with van der Waals surface area (Å²) in [6.07, 6.45) is 1.41. The van der Waals surface area contributed by atoms with Crippen molar-refractivity contribution in [3.05, 3.63) is 23.8 Å². The summed E-state index contributed by atoms with van der Waals surface area (Å²) >= 11 is 2.04. The molecule has 0 aromatic carbocycles. The third kappa shape index (κ3) is 2.65. The van der Waals surface area contributed by atoms with E-state index in [1.54, 1.807) is 0 Å². The molecule has 2 aromatic rings. The van der Waals surface area contributed by atoms with Crippen LogP contribution in [-0.2, 0) is 15.1 Å². The molecule has 0 spiro atoms. The Kier molecular flexibility index (Phi) is 4.59. The molecule has 2 N–H and O–H groups in total. The lowest BCUT2D eigenvalue weighted by Gasteiger charge is -2.32. The van der Waals surface area contributed by atoms with Crippen LogP contribution in [0.5, 0.6) is 0 Å². The Bertz CT molecular complexity index is 574. The molecule has 2 atom stereocenters. The molecule has 2 rings (SSSR count). The Morgan fingerprint density at radius 2 is 2.10 bits per heavy atom. The molecule has 0 amide bonds. The SMILES string of the molecule is CCC(CC)(OC(=O)C(I)C(C)N)c1cc2ccc1o2. The second kappa shape index (κ2) is 5.89. The number of furan rings is 2. The van der Waals surface area contributed by atoms with Crippen LogP contribution in [0.2, 0.25) is 0 Å². The van der Waals surface area contributed by atoms with Gasteiger partial charge in [-0.3, -0.25) is 4.79 Å². The minimum absolute atomic E-state index is 0.235. The van der Waals surface area contributed by atoms with Crippen LogP contribution in [0.1, 0.15) is 39.2 Å². The van der Waals surface area contributed by atoms with Gasteiger partial charge in [-0.1, -0.05) is 36.4 Å². The first kappa shape index (κ1) is 15.6. The van der Waals surface area contributed by atoms with Gasteiger partial charge in [0.15, 0.2) is 0 Å². The Balaban J connectivity index is 2.30. The summed E-state index contributed by atoms with van der Waals surface area (Å²) in [6, 6.07) is 5.57. The maximum Gasteiger partial charge on any atom is 0.321 e. The van der Waals surface area contributed by atoms with E-state index in [-0.39, 0.29) is 15.9 Å². The molecule has 2 heterocycles. The standard InChI is InChI=1S/C15H20INO3/c1-4-15(5-2,20-14(18)13(16)9(3)17)11-8-10-6-7-12(11)19-10/h6-9,13H,4-5,17H2,1-3H3. The summed E-state index contributed by atoms with van der Waals surface area (Å²) < 4.78 is 11.1. The van der Waals surface area contributed by atoms with Crippen molar-refractivity contribution in [3.8, 4) is 0 Å². The van der Waals surface area contributed by atoms with Crippen molar-refractivity contribution in [2.24, 2.45) is 5.73 Å². The zero-order chi connectivity index (χ0) is 14.9. The highest BCUT2D eigenvalue weighted by molar-refractivity contribution is 14.1. The number of ether oxygens (including phenoxy) is 1. The van der Waals surface area contributed by atoms with E-state index in [0.717, 1.165) is 16.7 Å². The van der Waals surface area contributed by atoms with Crippen LogP contribution in [0.3, 0.4) is 0 Å². The first-order valence-corrected chi connectivity index (χ1v) is 8.13. The molecule has 0 aliphatic carbocycles. The van der Waals surface area contributed by atoms with E-state index in [9.17, 15) is 4.79 Å². The van der Waals surface area contributed by atoms with Gasteiger partial charge in [0.2, 0.25) is 0 Å². The molecular weight excluding hydrogens is 369 g/mol. The van der Waals surface area contributed by atoms with Gasteiger partial charge < -0.3 is 14.9 Å². The number of halogens is 1. The van der Waals surface area contributed by atoms with Gasteiger partial charge in [-0.05, 0) is 38.0 Å². The van der Waals surface area contributed by atoms with Gasteiger partial charge in [0.05, 0.1) is 0 Å². The molecule has 2 unspecified atom stereocenters. The van der Waals surface area contributed by atoms with Crippen molar-refractivity contribution in [1.29, 1.82) is 0 Å². The molecule has 0 aliphatic heterocycles. The first-order chi connectivity index (χ1) is 9.43. The third-order valence-corrected chi connectivity index (χ3v) is 5.44. The predicted molar refractivity (Wildman–Crippen MR) is 87.2 cm³/mol. The number of nitrogens with two attached hydrogens (primary N) is 1. The van der Waals surface area contributed by atoms with Crippen LogP contribution in [0, 0.1) is 0 Å². The normalized spacial score (nSPS) is 15.4. The quantitative estimate of drug-likeness (QED) is 0.466. The Hall–Kier alpha value is -0.820. The molecule has 5 heteroatoms. The highest BCUT2D eigenvalue weighted by Crippen LogP contribution is 2.39. The minimum Gasteiger partial charge on any atom is -0.457 e. The maximum absolute atomic E-state index is 12.3. The molecule has 0 aliphatic rings. The second-order valence-electron chi connectivity index (χ2n) is 5.14. The number of alkyl halides is 1. The fourth-order valence-electron chi connectivity index (χ4n) is 2.44. The average Bonchev–Trinajstić information content (AvgIpc) is 3.06. The Labute approximate surface area is 132 Å². The lowest BCUT2D eigenvalue weighted by molar-refractivity contribution is -0.161. The summed E-state index contributed by atoms with van der Waals surface area (Å²) in [5, 5.41) is 0. The lowest BCUT2D eigenvalue weighted by Crippen LogP contribution is -2.40. The van der Waals surface area contributed by atoms with Crippen molar-refractivity contribution in [2.75, 3.05) is 0 Å². The number of esters is 1. The van der Waals surface area contributed by atoms with Crippen LogP contribution < -0.4 is 5.73 Å². The number of hydrogen-bond donors (Lipinski definition) is 1. The van der Waals surface area contributed by atoms with Gasteiger partial charge in [0, 0.05) is 11.6 Å². The van der Waals surface area contributed by atoms with Gasteiger partial charge in [0.1, 0.15) is 20.7 Å². The smallest absolute Gasteiger partial charge is 0.321 e. The lowest BCUT2D eigenvalue weighted by atomic mass is 9.88. The van der Waals surface area contributed by atoms with Gasteiger partial charge in [0.25, 0.3) is 0 Å². The van der Waals surface area contributed by atoms with Crippen molar-refractivity contribution in [1.82, 2.24) is 0 Å². The predicted octanol–water partition coefficient (Wildman–Crippen LogP) is 3.58. The van der Waals surface area contributed by atoms with Gasteiger partial charge in [-0.2, -0.15) is 0 Å². The van der Waals surface area contributed by atoms with E-state index in [2.05, 4.69) is 0 Å². The first-order valence-electron chi connectivity index (χ1n) is 6.88. The van der Waals surface area contributed by atoms with E-state index in [4.69, 9.17) is 14.9 Å². The van der Waals surface area contributed by atoms with Crippen molar-refractivity contribution < 1.29 is 13.9 Å². The molecule has 2 aromatic heterocycles. The molecular formula is C15H20INO3. The fraction of sp³-hybridized carbons (Fsp3) is 0.533. The highest BCUT2D eigenvalue weighted by Gasteiger charge is 2.38. The second-order valence-corrected chi connectivity index (χ2v) is 6.49. The molecule has 0 radical (unpaired) electrons. The fourth-order valence-corrected chi connectivity index (χ4v) is 2.57. The van der Waals surface area contributed by atoms with Crippen LogP contribution in [-0.4, -0.2) is 15.9 Å². The topological polar surface area (TPSA) is 65.5 Å². The van der Waals surface area contributed by atoms with Crippen LogP contribution in [0.4, 0.5) is 0 Å². The number of rotatable bonds is 6. The van der Waals surface area contributed by atoms with Gasteiger partial charge in [-0.15, -0.1) is 0 Å². The third-order valence-electron chi connectivity index (χ3n) is 3.79. The number of fused-ring (bicyclic) bond motifs is 2. The van der Waals surface area contributed by atoms with Gasteiger partial charge >= 0.3 is 5.97 Å². The number of benzene rings is 1. The average molecular weight is 389 g/mol.